The van der Waals surface area contributed by atoms with Gasteiger partial charge in [0.1, 0.15) is 0 Å². The van der Waals surface area contributed by atoms with E-state index in [-0.39, 0.29) is 21.7 Å². The molecule has 0 spiro atoms. The number of benzene rings is 5. The molecule has 4 heteroatoms. The molecule has 2 heterocycles. The highest BCUT2D eigenvalue weighted by Gasteiger charge is 2.23. The SMILES string of the molecule is CC(C)(C)c1cc(-c2ccc(-c3cc(-c4ccc(-c5cnccn5)cc4)nc(-c4ccc(-c5cc(C(C)(C)C)cc(C(C)(C)C)c5)cc4)n3)cc2)cc(C(C)(C)C)c1. The zero-order chi connectivity index (χ0) is 41.6. The van der Waals surface area contributed by atoms with E-state index in [0.717, 1.165) is 39.3 Å². The Bertz CT molecular complexity index is 2340. The van der Waals surface area contributed by atoms with Crippen molar-refractivity contribution in [1.29, 1.82) is 0 Å². The number of hydrogen-bond donors (Lipinski definition) is 0. The summed E-state index contributed by atoms with van der Waals surface area (Å²) in [6, 6.07) is 42.2. The molecule has 0 aliphatic rings. The molecular weight excluding hydrogens is 705 g/mol. The largest absolute Gasteiger partial charge is 0.261 e. The summed E-state index contributed by atoms with van der Waals surface area (Å²) in [5.74, 6) is 0.688. The first kappa shape index (κ1) is 40.5. The van der Waals surface area contributed by atoms with Crippen molar-refractivity contribution in [2.75, 3.05) is 0 Å². The summed E-state index contributed by atoms with van der Waals surface area (Å²) in [5, 5.41) is 0. The number of rotatable bonds is 6. The second kappa shape index (κ2) is 15.2. The molecule has 0 atom stereocenters. The van der Waals surface area contributed by atoms with Crippen LogP contribution in [0.4, 0.5) is 0 Å². The first-order valence-corrected chi connectivity index (χ1v) is 20.5. The van der Waals surface area contributed by atoms with Crippen molar-refractivity contribution < 1.29 is 0 Å². The Labute approximate surface area is 346 Å². The summed E-state index contributed by atoms with van der Waals surface area (Å²) >= 11 is 0. The quantitative estimate of drug-likeness (QED) is 0.169. The zero-order valence-electron chi connectivity index (χ0n) is 36.5. The molecule has 0 bridgehead atoms. The Kier molecular flexibility index (Phi) is 10.6. The van der Waals surface area contributed by atoms with Crippen LogP contribution in [0, 0.1) is 0 Å². The molecular formula is C54H58N4. The highest BCUT2D eigenvalue weighted by atomic mass is 14.9. The summed E-state index contributed by atoms with van der Waals surface area (Å²) in [6.45, 7) is 27.4. The maximum atomic E-state index is 5.23. The topological polar surface area (TPSA) is 51.6 Å². The zero-order valence-corrected chi connectivity index (χ0v) is 36.5. The average molecular weight is 763 g/mol. The van der Waals surface area contributed by atoms with Gasteiger partial charge < -0.3 is 0 Å². The van der Waals surface area contributed by atoms with Crippen molar-refractivity contribution in [2.45, 2.75) is 105 Å². The number of hydrogen-bond acceptors (Lipinski definition) is 4. The van der Waals surface area contributed by atoms with Gasteiger partial charge in [-0.1, -0.05) is 192 Å². The van der Waals surface area contributed by atoms with Gasteiger partial charge in [0.2, 0.25) is 0 Å². The Hall–Kier alpha value is -5.74. The molecule has 0 saturated carbocycles. The molecule has 58 heavy (non-hydrogen) atoms. The lowest BCUT2D eigenvalue weighted by molar-refractivity contribution is 0.568. The fraction of sp³-hybridized carbons (Fsp3) is 0.296. The van der Waals surface area contributed by atoms with E-state index < -0.39 is 0 Å². The summed E-state index contributed by atoms with van der Waals surface area (Å²) in [4.78, 5) is 19.2. The maximum absolute atomic E-state index is 5.23. The van der Waals surface area contributed by atoms with E-state index in [4.69, 9.17) is 9.97 Å². The van der Waals surface area contributed by atoms with Gasteiger partial charge in [0, 0.05) is 34.6 Å². The van der Waals surface area contributed by atoms with Crippen LogP contribution >= 0.6 is 0 Å². The van der Waals surface area contributed by atoms with Crippen LogP contribution in [-0.2, 0) is 21.7 Å². The summed E-state index contributed by atoms with van der Waals surface area (Å²) in [6.07, 6.45) is 5.20. The van der Waals surface area contributed by atoms with Crippen LogP contribution in [-0.4, -0.2) is 19.9 Å². The average Bonchev–Trinajstić information content (AvgIpc) is 3.19. The first-order valence-electron chi connectivity index (χ1n) is 20.5. The molecule has 7 aromatic rings. The van der Waals surface area contributed by atoms with Gasteiger partial charge in [-0.2, -0.15) is 0 Å². The molecule has 7 rings (SSSR count). The van der Waals surface area contributed by atoms with Crippen molar-refractivity contribution in [1.82, 2.24) is 19.9 Å². The summed E-state index contributed by atoms with van der Waals surface area (Å²) in [5.41, 5.74) is 17.0. The molecule has 4 nitrogen and oxygen atoms in total. The van der Waals surface area contributed by atoms with Crippen molar-refractivity contribution in [3.05, 3.63) is 156 Å². The van der Waals surface area contributed by atoms with E-state index in [1.165, 1.54) is 44.5 Å². The summed E-state index contributed by atoms with van der Waals surface area (Å²) < 4.78 is 0. The molecule has 0 aliphatic carbocycles. The van der Waals surface area contributed by atoms with Gasteiger partial charge in [0.15, 0.2) is 5.82 Å². The molecule has 5 aromatic carbocycles. The molecule has 0 saturated heterocycles. The van der Waals surface area contributed by atoms with Crippen LogP contribution in [0.1, 0.15) is 105 Å². The standard InChI is InChI=1S/C54H58N4/c1-51(2,3)43-27-41(28-44(31-43)52(4,5)6)35-13-17-37(18-14-35)47-33-48(38-19-21-39(22-20-38)49-34-55-25-26-56-49)58-50(57-47)40-23-15-36(16-24-40)42-29-45(53(7,8)9)32-46(30-42)54(10,11)12/h13-34H,1-12H3. The normalized spacial score (nSPS) is 12.5. The van der Waals surface area contributed by atoms with Crippen molar-refractivity contribution >= 4 is 0 Å². The smallest absolute Gasteiger partial charge is 0.160 e. The third-order valence-corrected chi connectivity index (χ3v) is 11.1. The number of nitrogens with zero attached hydrogens (tertiary/aromatic N) is 4. The molecule has 0 fully saturated rings. The highest BCUT2D eigenvalue weighted by Crippen LogP contribution is 2.37. The van der Waals surface area contributed by atoms with Crippen molar-refractivity contribution in [2.24, 2.45) is 0 Å². The first-order chi connectivity index (χ1) is 27.2. The monoisotopic (exact) mass is 762 g/mol. The van der Waals surface area contributed by atoms with Gasteiger partial charge in [0.25, 0.3) is 0 Å². The lowest BCUT2D eigenvalue weighted by atomic mass is 9.79. The maximum Gasteiger partial charge on any atom is 0.160 e. The molecule has 0 N–H and O–H groups in total. The van der Waals surface area contributed by atoms with Crippen LogP contribution in [0.15, 0.2) is 134 Å². The molecule has 2 aromatic heterocycles. The molecule has 0 radical (unpaired) electrons. The second-order valence-electron chi connectivity index (χ2n) is 19.9. The van der Waals surface area contributed by atoms with Gasteiger partial charge in [0.05, 0.1) is 23.3 Å². The third kappa shape index (κ3) is 9.02. The minimum Gasteiger partial charge on any atom is -0.261 e. The van der Waals surface area contributed by atoms with E-state index in [1.54, 1.807) is 18.6 Å². The summed E-state index contributed by atoms with van der Waals surface area (Å²) in [7, 11) is 0. The molecule has 0 unspecified atom stereocenters. The molecule has 0 aliphatic heterocycles. The van der Waals surface area contributed by atoms with E-state index in [2.05, 4.69) is 208 Å². The predicted octanol–water partition coefficient (Wildman–Crippen LogP) is 14.5. The number of aromatic nitrogens is 4. The highest BCUT2D eigenvalue weighted by molar-refractivity contribution is 5.77. The van der Waals surface area contributed by atoms with Crippen molar-refractivity contribution in [3.8, 4) is 67.4 Å². The van der Waals surface area contributed by atoms with Gasteiger partial charge in [-0.3, -0.25) is 9.97 Å². The van der Waals surface area contributed by atoms with E-state index >= 15 is 0 Å². The minimum absolute atomic E-state index is 0.0391. The van der Waals surface area contributed by atoms with Crippen LogP contribution in [0.2, 0.25) is 0 Å². The lowest BCUT2D eigenvalue weighted by Crippen LogP contribution is -2.16. The molecule has 0 amide bonds. The van der Waals surface area contributed by atoms with Crippen LogP contribution in [0.3, 0.4) is 0 Å². The fourth-order valence-electron chi connectivity index (χ4n) is 7.10. The van der Waals surface area contributed by atoms with Gasteiger partial charge in [-0.15, -0.1) is 0 Å². The van der Waals surface area contributed by atoms with Gasteiger partial charge in [-0.05, 0) is 72.2 Å². The van der Waals surface area contributed by atoms with E-state index in [9.17, 15) is 0 Å². The van der Waals surface area contributed by atoms with Gasteiger partial charge >= 0.3 is 0 Å². The molecule has 294 valence electrons. The Morgan fingerprint density at radius 1 is 0.310 bits per heavy atom. The van der Waals surface area contributed by atoms with Crippen molar-refractivity contribution in [3.63, 3.8) is 0 Å². The van der Waals surface area contributed by atoms with Crippen LogP contribution in [0.5, 0.6) is 0 Å². The van der Waals surface area contributed by atoms with E-state index in [0.29, 0.717) is 5.82 Å². The Balaban J connectivity index is 1.30. The fourth-order valence-corrected chi connectivity index (χ4v) is 7.10. The van der Waals surface area contributed by atoms with Crippen LogP contribution in [0.25, 0.3) is 67.4 Å². The van der Waals surface area contributed by atoms with E-state index in [1.807, 2.05) is 0 Å². The Morgan fingerprint density at radius 2 is 0.638 bits per heavy atom. The predicted molar refractivity (Wildman–Crippen MR) is 245 cm³/mol. The Morgan fingerprint density at radius 3 is 0.966 bits per heavy atom. The minimum atomic E-state index is 0.0391. The lowest BCUT2D eigenvalue weighted by Gasteiger charge is -2.26. The third-order valence-electron chi connectivity index (χ3n) is 11.1. The van der Waals surface area contributed by atoms with Crippen LogP contribution < -0.4 is 0 Å². The van der Waals surface area contributed by atoms with Gasteiger partial charge in [-0.25, -0.2) is 9.97 Å². The second-order valence-corrected chi connectivity index (χ2v) is 19.9.